The largest absolute Gasteiger partial charge is 0.388 e. The number of piperidine rings is 1. The predicted molar refractivity (Wildman–Crippen MR) is 202 cm³/mol. The summed E-state index contributed by atoms with van der Waals surface area (Å²) in [6, 6.07) is 15.2. The first-order chi connectivity index (χ1) is 25.9. The monoisotopic (exact) mass is 720 g/mol. The zero-order chi connectivity index (χ0) is 36.3. The van der Waals surface area contributed by atoms with E-state index in [1.54, 1.807) is 17.2 Å². The number of aliphatic hydroxyl groups is 2. The van der Waals surface area contributed by atoms with Crippen LogP contribution in [-0.2, 0) is 12.8 Å². The molecule has 3 fully saturated rings. The predicted octanol–water partition coefficient (Wildman–Crippen LogP) is 3.09. The summed E-state index contributed by atoms with van der Waals surface area (Å²) in [6.07, 6.45) is 9.77. The summed E-state index contributed by atoms with van der Waals surface area (Å²) in [7, 11) is 0. The maximum atomic E-state index is 13.1. The first-order valence-electron chi connectivity index (χ1n) is 18.8. The van der Waals surface area contributed by atoms with E-state index in [-0.39, 0.29) is 24.2 Å². The fourth-order valence-electron chi connectivity index (χ4n) is 7.91. The summed E-state index contributed by atoms with van der Waals surface area (Å²) >= 11 is 0. The van der Waals surface area contributed by atoms with E-state index in [4.69, 9.17) is 15.0 Å². The molecule has 2 amide bonds. The molecular formula is C38H48N12O3. The van der Waals surface area contributed by atoms with E-state index < -0.39 is 18.2 Å². The number of hydrogen-bond donors (Lipinski definition) is 5. The van der Waals surface area contributed by atoms with Crippen molar-refractivity contribution in [3.8, 4) is 0 Å². The van der Waals surface area contributed by atoms with Gasteiger partial charge in [0.25, 0.3) is 0 Å². The number of rotatable bonds is 11. The lowest BCUT2D eigenvalue weighted by molar-refractivity contribution is 0.00721. The standard InChI is InChI=1S/C38H48N12O3/c1-2-25-21-42-50(22-25)30-20-29(33(51)34(30)52)49-24-41-32-35(40-16-11-26-8-4-3-5-9-26)45-37(46-36(32)49)48-19-14-28(23-48)44-38(53)43-27-12-17-47(18-13-27)31-10-6-7-15-39-31/h3-10,15,21-22,24,27-30,33-34,51-52H,2,11-14,16-20,23H2,1H3,(H,40,45,46)(H2,43,44,53)/t28-,29+,30-,33-,34+/m0/s1. The van der Waals surface area contributed by atoms with Crippen molar-refractivity contribution in [3.05, 3.63) is 84.6 Å². The van der Waals surface area contributed by atoms with Crippen molar-refractivity contribution in [2.24, 2.45) is 0 Å². The normalized spacial score (nSPS) is 23.5. The molecule has 5 atom stereocenters. The van der Waals surface area contributed by atoms with Gasteiger partial charge in [-0.2, -0.15) is 15.1 Å². The molecule has 0 unspecified atom stereocenters. The topological polar surface area (TPSA) is 174 Å². The van der Waals surface area contributed by atoms with E-state index in [1.807, 2.05) is 53.4 Å². The molecule has 3 aliphatic rings. The van der Waals surface area contributed by atoms with Crippen LogP contribution in [0.2, 0.25) is 0 Å². The highest BCUT2D eigenvalue weighted by molar-refractivity contribution is 5.84. The number of aryl methyl sites for hydroxylation is 1. The smallest absolute Gasteiger partial charge is 0.315 e. The number of carbonyl (C=O) groups excluding carboxylic acids is 1. The first-order valence-corrected chi connectivity index (χ1v) is 18.8. The number of anilines is 3. The summed E-state index contributed by atoms with van der Waals surface area (Å²) < 4.78 is 3.64. The van der Waals surface area contributed by atoms with Gasteiger partial charge in [-0.25, -0.2) is 14.8 Å². The number of urea groups is 1. The molecule has 1 saturated carbocycles. The van der Waals surface area contributed by atoms with Gasteiger partial charge in [0.2, 0.25) is 5.95 Å². The number of aliphatic hydroxyl groups excluding tert-OH is 2. The van der Waals surface area contributed by atoms with Gasteiger partial charge in [-0.05, 0) is 61.8 Å². The number of carbonyl (C=O) groups is 1. The molecule has 1 aliphatic carbocycles. The van der Waals surface area contributed by atoms with Gasteiger partial charge in [-0.3, -0.25) is 4.68 Å². The second-order valence-corrected chi connectivity index (χ2v) is 14.4. The van der Waals surface area contributed by atoms with Crippen LogP contribution in [0.25, 0.3) is 11.2 Å². The number of aromatic nitrogens is 7. The molecule has 15 nitrogen and oxygen atoms in total. The molecule has 15 heteroatoms. The van der Waals surface area contributed by atoms with Crippen molar-refractivity contribution in [2.45, 2.75) is 81.8 Å². The van der Waals surface area contributed by atoms with E-state index in [0.717, 1.165) is 56.6 Å². The average molecular weight is 721 g/mol. The van der Waals surface area contributed by atoms with Gasteiger partial charge in [-0.15, -0.1) is 0 Å². The fourth-order valence-corrected chi connectivity index (χ4v) is 7.91. The Kier molecular flexibility index (Phi) is 10.1. The van der Waals surface area contributed by atoms with E-state index in [9.17, 15) is 15.0 Å². The van der Waals surface area contributed by atoms with Gasteiger partial charge >= 0.3 is 6.03 Å². The van der Waals surface area contributed by atoms with Crippen LogP contribution in [0.3, 0.4) is 0 Å². The van der Waals surface area contributed by atoms with Crippen LogP contribution in [0.5, 0.6) is 0 Å². The number of benzene rings is 1. The minimum absolute atomic E-state index is 0.0723. The van der Waals surface area contributed by atoms with Gasteiger partial charge in [0.05, 0.1) is 24.6 Å². The lowest BCUT2D eigenvalue weighted by Crippen LogP contribution is -2.50. The van der Waals surface area contributed by atoms with Crippen molar-refractivity contribution in [2.75, 3.05) is 47.8 Å². The molecule has 1 aromatic carbocycles. The summed E-state index contributed by atoms with van der Waals surface area (Å²) in [6.45, 7) is 5.62. The van der Waals surface area contributed by atoms with Crippen LogP contribution >= 0.6 is 0 Å². The molecule has 5 N–H and O–H groups in total. The van der Waals surface area contributed by atoms with Crippen LogP contribution in [0.1, 0.15) is 55.8 Å². The Morgan fingerprint density at radius 1 is 0.868 bits per heavy atom. The molecule has 6 heterocycles. The van der Waals surface area contributed by atoms with Crippen LogP contribution in [0.4, 0.5) is 22.4 Å². The van der Waals surface area contributed by atoms with Crippen LogP contribution in [-0.4, -0.2) is 108 Å². The lowest BCUT2D eigenvalue weighted by atomic mass is 10.1. The van der Waals surface area contributed by atoms with Crippen LogP contribution in [0.15, 0.2) is 73.4 Å². The zero-order valence-corrected chi connectivity index (χ0v) is 30.0. The Morgan fingerprint density at radius 2 is 1.62 bits per heavy atom. The summed E-state index contributed by atoms with van der Waals surface area (Å²) in [5, 5.41) is 36.9. The molecule has 2 aliphatic heterocycles. The number of hydrogen-bond acceptors (Lipinski definition) is 11. The molecule has 278 valence electrons. The van der Waals surface area contributed by atoms with Gasteiger partial charge in [0.1, 0.15) is 18.0 Å². The highest BCUT2D eigenvalue weighted by Gasteiger charge is 2.44. The molecule has 2 saturated heterocycles. The van der Waals surface area contributed by atoms with Crippen molar-refractivity contribution < 1.29 is 15.0 Å². The summed E-state index contributed by atoms with van der Waals surface area (Å²) in [5.41, 5.74) is 3.46. The number of nitrogens with one attached hydrogen (secondary N) is 3. The Labute approximate surface area is 308 Å². The Bertz CT molecular complexity index is 1980. The molecule has 53 heavy (non-hydrogen) atoms. The number of pyridine rings is 1. The molecule has 0 radical (unpaired) electrons. The minimum atomic E-state index is -1.04. The molecule has 0 bridgehead atoms. The molecule has 8 rings (SSSR count). The summed E-state index contributed by atoms with van der Waals surface area (Å²) in [5.74, 6) is 2.10. The minimum Gasteiger partial charge on any atom is -0.388 e. The fraction of sp³-hybridized carbons (Fsp3) is 0.474. The SMILES string of the molecule is CCc1cnn([C@H]2C[C@@H](n3cnc4c(NCCc5ccccc5)nc(N5CC[C@H](NC(=O)NC6CCN(c7ccccn7)CC6)C5)nc43)[C@H](O)[C@@H]2O)c1. The third-order valence-corrected chi connectivity index (χ3v) is 10.9. The second-order valence-electron chi connectivity index (χ2n) is 14.4. The third-order valence-electron chi connectivity index (χ3n) is 10.9. The van der Waals surface area contributed by atoms with Gasteiger partial charge in [-0.1, -0.05) is 43.3 Å². The maximum Gasteiger partial charge on any atom is 0.315 e. The highest BCUT2D eigenvalue weighted by atomic mass is 16.3. The second kappa shape index (κ2) is 15.4. The molecule has 5 aromatic rings. The van der Waals surface area contributed by atoms with E-state index in [1.165, 1.54) is 5.56 Å². The molecular weight excluding hydrogens is 672 g/mol. The highest BCUT2D eigenvalue weighted by Crippen LogP contribution is 2.40. The Balaban J connectivity index is 0.969. The van der Waals surface area contributed by atoms with Crippen molar-refractivity contribution in [3.63, 3.8) is 0 Å². The first kappa shape index (κ1) is 34.8. The van der Waals surface area contributed by atoms with Gasteiger partial charge in [0, 0.05) is 57.2 Å². The summed E-state index contributed by atoms with van der Waals surface area (Å²) in [4.78, 5) is 36.7. The van der Waals surface area contributed by atoms with Gasteiger partial charge < -0.3 is 40.5 Å². The van der Waals surface area contributed by atoms with E-state index in [2.05, 4.69) is 54.9 Å². The molecule has 4 aromatic heterocycles. The maximum absolute atomic E-state index is 13.1. The van der Waals surface area contributed by atoms with Crippen molar-refractivity contribution in [1.29, 1.82) is 0 Å². The number of fused-ring (bicyclic) bond motifs is 1. The quantitative estimate of drug-likeness (QED) is 0.136. The van der Waals surface area contributed by atoms with Crippen molar-refractivity contribution >= 4 is 34.8 Å². The molecule has 0 spiro atoms. The van der Waals surface area contributed by atoms with Crippen molar-refractivity contribution in [1.82, 2.24) is 44.9 Å². The number of imidazole rings is 1. The van der Waals surface area contributed by atoms with E-state index >= 15 is 0 Å². The third kappa shape index (κ3) is 7.49. The van der Waals surface area contributed by atoms with Crippen LogP contribution in [0, 0.1) is 0 Å². The Hall–Kier alpha value is -5.28. The number of amides is 2. The number of nitrogens with zero attached hydrogens (tertiary/aromatic N) is 9. The van der Waals surface area contributed by atoms with Crippen LogP contribution < -0.4 is 25.8 Å². The lowest BCUT2D eigenvalue weighted by Gasteiger charge is -2.33. The van der Waals surface area contributed by atoms with E-state index in [0.29, 0.717) is 49.0 Å². The zero-order valence-electron chi connectivity index (χ0n) is 30.0. The average Bonchev–Trinajstić information content (AvgIpc) is 4.00. The Morgan fingerprint density at radius 3 is 2.40 bits per heavy atom. The van der Waals surface area contributed by atoms with Gasteiger partial charge in [0.15, 0.2) is 17.0 Å².